The van der Waals surface area contributed by atoms with E-state index < -0.39 is 9.84 Å². The van der Waals surface area contributed by atoms with Gasteiger partial charge in [0.15, 0.2) is 15.8 Å². The summed E-state index contributed by atoms with van der Waals surface area (Å²) in [6, 6.07) is 4.76. The molecule has 1 atom stereocenters. The quantitative estimate of drug-likeness (QED) is 0.316. The maximum Gasteiger partial charge on any atom is 0.191 e. The molecule has 2 rings (SSSR count). The van der Waals surface area contributed by atoms with E-state index in [1.807, 2.05) is 0 Å². The molecule has 0 aromatic heterocycles. The zero-order chi connectivity index (χ0) is 20.7. The fraction of sp³-hybridized carbons (Fsp3) is 0.650. The lowest BCUT2D eigenvalue weighted by Crippen LogP contribution is -2.46. The third kappa shape index (κ3) is 9.17. The first-order valence-corrected chi connectivity index (χ1v) is 11.9. The molecule has 1 unspecified atom stereocenters. The van der Waals surface area contributed by atoms with Crippen LogP contribution < -0.4 is 10.6 Å². The lowest BCUT2D eigenvalue weighted by atomic mass is 9.97. The van der Waals surface area contributed by atoms with Crippen molar-refractivity contribution >= 4 is 39.8 Å². The van der Waals surface area contributed by atoms with Crippen molar-refractivity contribution in [3.05, 3.63) is 35.1 Å². The van der Waals surface area contributed by atoms with Crippen molar-refractivity contribution in [3.8, 4) is 0 Å². The van der Waals surface area contributed by atoms with Gasteiger partial charge in [0.25, 0.3) is 0 Å². The van der Waals surface area contributed by atoms with Crippen molar-refractivity contribution in [2.75, 3.05) is 32.9 Å². The lowest BCUT2D eigenvalue weighted by molar-refractivity contribution is 0.141. The summed E-state index contributed by atoms with van der Waals surface area (Å²) in [4.78, 5) is 6.73. The number of aliphatic imine (C=N–C) groups is 1. The molecule has 1 aromatic rings. The smallest absolute Gasteiger partial charge is 0.191 e. The van der Waals surface area contributed by atoms with Gasteiger partial charge in [-0.05, 0) is 62.4 Å². The normalized spacial score (nSPS) is 18.4. The molecular formula is C20H34FIN4O2S. The Kier molecular flexibility index (Phi) is 10.8. The Balaban J connectivity index is 0.00000420. The molecule has 6 nitrogen and oxygen atoms in total. The molecule has 1 heterocycles. The topological polar surface area (TPSA) is 73.8 Å². The van der Waals surface area contributed by atoms with Gasteiger partial charge in [-0.3, -0.25) is 4.99 Å². The van der Waals surface area contributed by atoms with Crippen LogP contribution in [0, 0.1) is 11.7 Å². The zero-order valence-electron chi connectivity index (χ0n) is 17.7. The van der Waals surface area contributed by atoms with E-state index in [1.165, 1.54) is 37.3 Å². The summed E-state index contributed by atoms with van der Waals surface area (Å²) in [5.41, 5.74) is 1.23. The number of nitrogens with one attached hydrogen (secondary N) is 2. The summed E-state index contributed by atoms with van der Waals surface area (Å²) in [7, 11) is -1.50. The van der Waals surface area contributed by atoms with Crippen LogP contribution >= 0.6 is 24.0 Å². The molecule has 2 N–H and O–H groups in total. The van der Waals surface area contributed by atoms with Crippen LogP contribution in [0.2, 0.25) is 0 Å². The van der Waals surface area contributed by atoms with Crippen molar-refractivity contribution in [1.29, 1.82) is 0 Å². The van der Waals surface area contributed by atoms with Gasteiger partial charge in [-0.1, -0.05) is 6.07 Å². The molecule has 29 heavy (non-hydrogen) atoms. The fourth-order valence-corrected chi connectivity index (χ4v) is 4.40. The minimum Gasteiger partial charge on any atom is -0.356 e. The molecular weight excluding hydrogens is 506 g/mol. The highest BCUT2D eigenvalue weighted by molar-refractivity contribution is 14.0. The summed E-state index contributed by atoms with van der Waals surface area (Å²) in [5, 5.41) is 6.53. The van der Waals surface area contributed by atoms with Gasteiger partial charge in [0.2, 0.25) is 0 Å². The highest BCUT2D eigenvalue weighted by Crippen LogP contribution is 2.18. The summed E-state index contributed by atoms with van der Waals surface area (Å²) >= 11 is 0. The van der Waals surface area contributed by atoms with Crippen molar-refractivity contribution in [3.63, 3.8) is 0 Å². The molecule has 1 fully saturated rings. The van der Waals surface area contributed by atoms with Crippen molar-refractivity contribution < 1.29 is 12.8 Å². The standard InChI is InChI=1S/C20H33FN4O2S.HI/c1-15(2)25-9-5-6-16(13-25)11-23-20(22-3)24-12-18-10-19(21)8-7-17(18)14-28(4,26)27;/h7-8,10,15-16H,5-6,9,11-14H2,1-4H3,(H2,22,23,24);1H. The first-order valence-electron chi connectivity index (χ1n) is 9.81. The van der Waals surface area contributed by atoms with Gasteiger partial charge >= 0.3 is 0 Å². The van der Waals surface area contributed by atoms with Gasteiger partial charge in [-0.25, -0.2) is 12.8 Å². The van der Waals surface area contributed by atoms with Crippen LogP contribution in [0.3, 0.4) is 0 Å². The average molecular weight is 540 g/mol. The van der Waals surface area contributed by atoms with Crippen molar-refractivity contribution in [2.24, 2.45) is 10.9 Å². The molecule has 0 spiro atoms. The van der Waals surface area contributed by atoms with Crippen LogP contribution in [0.4, 0.5) is 4.39 Å². The summed E-state index contributed by atoms with van der Waals surface area (Å²) in [6.45, 7) is 7.81. The second-order valence-corrected chi connectivity index (χ2v) is 10.0. The van der Waals surface area contributed by atoms with Gasteiger partial charge in [-0.15, -0.1) is 24.0 Å². The number of nitrogens with zero attached hydrogens (tertiary/aromatic N) is 2. The molecule has 0 amide bonds. The van der Waals surface area contributed by atoms with Crippen LogP contribution in [0.1, 0.15) is 37.8 Å². The number of likely N-dealkylation sites (tertiary alicyclic amines) is 1. The lowest BCUT2D eigenvalue weighted by Gasteiger charge is -2.35. The fourth-order valence-electron chi connectivity index (χ4n) is 3.56. The maximum absolute atomic E-state index is 13.7. The molecule has 1 aliphatic rings. The Labute approximate surface area is 191 Å². The number of hydrogen-bond donors (Lipinski definition) is 2. The number of sulfone groups is 1. The molecule has 166 valence electrons. The average Bonchev–Trinajstić information content (AvgIpc) is 2.63. The Morgan fingerprint density at radius 3 is 2.66 bits per heavy atom. The SMILES string of the molecule is CN=C(NCc1cc(F)ccc1CS(C)(=O)=O)NCC1CCCN(C(C)C)C1.I. The van der Waals surface area contributed by atoms with E-state index in [2.05, 4.69) is 34.4 Å². The van der Waals surface area contributed by atoms with Gasteiger partial charge in [0.05, 0.1) is 5.75 Å². The third-order valence-electron chi connectivity index (χ3n) is 5.09. The molecule has 0 aliphatic carbocycles. The van der Waals surface area contributed by atoms with Gasteiger partial charge in [-0.2, -0.15) is 0 Å². The zero-order valence-corrected chi connectivity index (χ0v) is 20.9. The van der Waals surface area contributed by atoms with Crippen molar-refractivity contribution in [1.82, 2.24) is 15.5 Å². The van der Waals surface area contributed by atoms with Gasteiger partial charge in [0, 0.05) is 39.0 Å². The van der Waals surface area contributed by atoms with Gasteiger partial charge < -0.3 is 15.5 Å². The Hall–Kier alpha value is -0.940. The molecule has 0 bridgehead atoms. The minimum atomic E-state index is -3.19. The second kappa shape index (κ2) is 12.0. The van der Waals surface area contributed by atoms with E-state index in [-0.39, 0.29) is 35.5 Å². The summed E-state index contributed by atoms with van der Waals surface area (Å²) < 4.78 is 36.9. The summed E-state index contributed by atoms with van der Waals surface area (Å²) in [5.74, 6) is 0.706. The van der Waals surface area contributed by atoms with Crippen LogP contribution in [-0.2, 0) is 22.1 Å². The second-order valence-electron chi connectivity index (χ2n) is 7.89. The van der Waals surface area contributed by atoms with E-state index in [1.54, 1.807) is 7.05 Å². The van der Waals surface area contributed by atoms with Crippen LogP contribution in [0.25, 0.3) is 0 Å². The largest absolute Gasteiger partial charge is 0.356 e. The monoisotopic (exact) mass is 540 g/mol. The Bertz CT molecular complexity index is 787. The highest BCUT2D eigenvalue weighted by Gasteiger charge is 2.21. The number of guanidine groups is 1. The van der Waals surface area contributed by atoms with Crippen molar-refractivity contribution in [2.45, 2.75) is 45.0 Å². The molecule has 0 radical (unpaired) electrons. The van der Waals surface area contributed by atoms with E-state index in [0.29, 0.717) is 35.6 Å². The third-order valence-corrected chi connectivity index (χ3v) is 5.93. The predicted octanol–water partition coefficient (Wildman–Crippen LogP) is 2.77. The van der Waals surface area contributed by atoms with E-state index in [9.17, 15) is 12.8 Å². The molecule has 1 saturated heterocycles. The molecule has 9 heteroatoms. The maximum atomic E-state index is 13.7. The van der Waals surface area contributed by atoms with Crippen LogP contribution in [0.15, 0.2) is 23.2 Å². The minimum absolute atomic E-state index is 0. The molecule has 1 aromatic carbocycles. The van der Waals surface area contributed by atoms with Crippen LogP contribution in [0.5, 0.6) is 0 Å². The number of rotatable bonds is 7. The van der Waals surface area contributed by atoms with Gasteiger partial charge in [0.1, 0.15) is 5.82 Å². The first kappa shape index (κ1) is 26.1. The molecule has 0 saturated carbocycles. The van der Waals surface area contributed by atoms with E-state index >= 15 is 0 Å². The molecule has 1 aliphatic heterocycles. The number of benzene rings is 1. The number of halogens is 2. The first-order chi connectivity index (χ1) is 13.2. The number of piperidine rings is 1. The van der Waals surface area contributed by atoms with E-state index in [4.69, 9.17) is 0 Å². The number of hydrogen-bond acceptors (Lipinski definition) is 4. The predicted molar refractivity (Wildman–Crippen MR) is 128 cm³/mol. The van der Waals surface area contributed by atoms with Crippen LogP contribution in [-0.4, -0.2) is 58.3 Å². The Morgan fingerprint density at radius 2 is 2.03 bits per heavy atom. The van der Waals surface area contributed by atoms with E-state index in [0.717, 1.165) is 19.6 Å². The highest BCUT2D eigenvalue weighted by atomic mass is 127. The summed E-state index contributed by atoms with van der Waals surface area (Å²) in [6.07, 6.45) is 3.57. The Morgan fingerprint density at radius 1 is 1.31 bits per heavy atom.